The molecule has 1 N–H and O–H groups in total. The van der Waals surface area contributed by atoms with Gasteiger partial charge >= 0.3 is 0 Å². The number of carbonyl (C=O) groups is 3. The highest BCUT2D eigenvalue weighted by molar-refractivity contribution is 6.22. The Morgan fingerprint density at radius 1 is 1.14 bits per heavy atom. The first-order valence-corrected chi connectivity index (χ1v) is 7.24. The van der Waals surface area contributed by atoms with E-state index >= 15 is 0 Å². The van der Waals surface area contributed by atoms with Gasteiger partial charge in [-0.05, 0) is 31.9 Å². The number of fused-ring (bicyclic) bond motifs is 1. The third-order valence-corrected chi connectivity index (χ3v) is 3.78. The fraction of sp³-hybridized carbons (Fsp3) is 0.438. The van der Waals surface area contributed by atoms with E-state index < -0.39 is 11.8 Å². The zero-order chi connectivity index (χ0) is 15.6. The lowest BCUT2D eigenvalue weighted by Crippen LogP contribution is -2.43. The predicted molar refractivity (Wildman–Crippen MR) is 79.1 cm³/mol. The highest BCUT2D eigenvalue weighted by atomic mass is 16.2. The van der Waals surface area contributed by atoms with E-state index in [0.29, 0.717) is 11.1 Å². The van der Waals surface area contributed by atoms with Crippen molar-refractivity contribution in [2.24, 2.45) is 0 Å². The maximum atomic E-state index is 12.2. The molecular formula is C16H20N2O3. The van der Waals surface area contributed by atoms with Crippen molar-refractivity contribution in [1.82, 2.24) is 10.2 Å². The number of carbonyl (C=O) groups excluding carboxylic acids is 3. The summed E-state index contributed by atoms with van der Waals surface area (Å²) in [6.07, 6.45) is 1.65. The molecule has 0 spiro atoms. The SMILES string of the molecule is CCC(CC)NC(=O)CN1C(=O)c2ccc(C)cc2C1=O. The number of hydrogen-bond acceptors (Lipinski definition) is 3. The van der Waals surface area contributed by atoms with Crippen LogP contribution in [0, 0.1) is 6.92 Å². The first-order valence-electron chi connectivity index (χ1n) is 7.24. The molecule has 0 bridgehead atoms. The Kier molecular flexibility index (Phi) is 4.40. The number of nitrogens with one attached hydrogen (secondary N) is 1. The second-order valence-electron chi connectivity index (χ2n) is 5.33. The molecule has 1 heterocycles. The van der Waals surface area contributed by atoms with Crippen molar-refractivity contribution in [2.75, 3.05) is 6.54 Å². The number of rotatable bonds is 5. The first kappa shape index (κ1) is 15.2. The van der Waals surface area contributed by atoms with Gasteiger partial charge in [0, 0.05) is 6.04 Å². The lowest BCUT2D eigenvalue weighted by Gasteiger charge is -2.18. The summed E-state index contributed by atoms with van der Waals surface area (Å²) in [5.74, 6) is -1.08. The molecule has 1 aliphatic rings. The van der Waals surface area contributed by atoms with Gasteiger partial charge in [0.1, 0.15) is 6.54 Å². The van der Waals surface area contributed by atoms with Crippen molar-refractivity contribution >= 4 is 17.7 Å². The van der Waals surface area contributed by atoms with Crippen LogP contribution >= 0.6 is 0 Å². The van der Waals surface area contributed by atoms with Gasteiger partial charge in [0.05, 0.1) is 11.1 Å². The molecule has 1 aromatic carbocycles. The van der Waals surface area contributed by atoms with E-state index in [1.165, 1.54) is 0 Å². The molecule has 1 aliphatic heterocycles. The Hall–Kier alpha value is -2.17. The van der Waals surface area contributed by atoms with Crippen LogP contribution in [0.1, 0.15) is 53.0 Å². The minimum Gasteiger partial charge on any atom is -0.352 e. The summed E-state index contributed by atoms with van der Waals surface area (Å²) in [6, 6.07) is 5.20. The lowest BCUT2D eigenvalue weighted by molar-refractivity contribution is -0.122. The second-order valence-corrected chi connectivity index (χ2v) is 5.33. The number of aryl methyl sites for hydroxylation is 1. The summed E-state index contributed by atoms with van der Waals surface area (Å²) in [5.41, 5.74) is 1.68. The maximum Gasteiger partial charge on any atom is 0.262 e. The van der Waals surface area contributed by atoms with Crippen molar-refractivity contribution in [3.05, 3.63) is 34.9 Å². The van der Waals surface area contributed by atoms with Crippen LogP contribution in [0.25, 0.3) is 0 Å². The molecule has 0 aliphatic carbocycles. The van der Waals surface area contributed by atoms with Gasteiger partial charge in [0.25, 0.3) is 11.8 Å². The average molecular weight is 288 g/mol. The van der Waals surface area contributed by atoms with E-state index in [0.717, 1.165) is 23.3 Å². The lowest BCUT2D eigenvalue weighted by atomic mass is 10.1. The fourth-order valence-corrected chi connectivity index (χ4v) is 2.46. The van der Waals surface area contributed by atoms with Crippen LogP contribution in [0.2, 0.25) is 0 Å². The summed E-state index contributed by atoms with van der Waals surface area (Å²) in [7, 11) is 0. The van der Waals surface area contributed by atoms with E-state index in [1.807, 2.05) is 20.8 Å². The van der Waals surface area contributed by atoms with Gasteiger partial charge in [-0.25, -0.2) is 0 Å². The third-order valence-electron chi connectivity index (χ3n) is 3.78. The molecule has 112 valence electrons. The summed E-state index contributed by atoms with van der Waals surface area (Å²) >= 11 is 0. The van der Waals surface area contributed by atoms with Crippen LogP contribution in [-0.2, 0) is 4.79 Å². The number of hydrogen-bond donors (Lipinski definition) is 1. The minimum absolute atomic E-state index is 0.0786. The van der Waals surface area contributed by atoms with Gasteiger partial charge in [-0.1, -0.05) is 25.5 Å². The van der Waals surface area contributed by atoms with Gasteiger partial charge in [0.15, 0.2) is 0 Å². The predicted octanol–water partition coefficient (Wildman–Crippen LogP) is 1.90. The van der Waals surface area contributed by atoms with Crippen LogP contribution in [0.5, 0.6) is 0 Å². The van der Waals surface area contributed by atoms with Crippen molar-refractivity contribution in [3.8, 4) is 0 Å². The normalized spacial score (nSPS) is 13.8. The molecule has 21 heavy (non-hydrogen) atoms. The van der Waals surface area contributed by atoms with Crippen molar-refractivity contribution in [3.63, 3.8) is 0 Å². The maximum absolute atomic E-state index is 12.2. The zero-order valence-corrected chi connectivity index (χ0v) is 12.6. The molecule has 5 heteroatoms. The highest BCUT2D eigenvalue weighted by Crippen LogP contribution is 2.23. The third kappa shape index (κ3) is 2.96. The Labute approximate surface area is 124 Å². The van der Waals surface area contributed by atoms with Crippen LogP contribution in [0.15, 0.2) is 18.2 Å². The number of imide groups is 1. The van der Waals surface area contributed by atoms with E-state index in [-0.39, 0.29) is 18.5 Å². The molecule has 5 nitrogen and oxygen atoms in total. The Balaban J connectivity index is 2.11. The first-order chi connectivity index (χ1) is 9.97. The molecule has 3 amide bonds. The van der Waals surface area contributed by atoms with Gasteiger partial charge in [0.2, 0.25) is 5.91 Å². The summed E-state index contributed by atoms with van der Waals surface area (Å²) in [5, 5.41) is 2.84. The number of amides is 3. The topological polar surface area (TPSA) is 66.5 Å². The number of benzene rings is 1. The molecule has 0 saturated heterocycles. The summed E-state index contributed by atoms with van der Waals surface area (Å²) in [4.78, 5) is 37.4. The number of nitrogens with zero attached hydrogens (tertiary/aromatic N) is 1. The Morgan fingerprint density at radius 2 is 1.76 bits per heavy atom. The van der Waals surface area contributed by atoms with E-state index in [2.05, 4.69) is 5.32 Å². The van der Waals surface area contributed by atoms with Crippen LogP contribution in [0.4, 0.5) is 0 Å². The molecule has 0 unspecified atom stereocenters. The fourth-order valence-electron chi connectivity index (χ4n) is 2.46. The zero-order valence-electron chi connectivity index (χ0n) is 12.6. The molecule has 0 fully saturated rings. The van der Waals surface area contributed by atoms with Crippen LogP contribution in [0.3, 0.4) is 0 Å². The molecular weight excluding hydrogens is 268 g/mol. The molecule has 0 saturated carbocycles. The van der Waals surface area contributed by atoms with E-state index in [4.69, 9.17) is 0 Å². The summed E-state index contributed by atoms with van der Waals surface area (Å²) < 4.78 is 0. The Bertz CT molecular complexity index is 591. The van der Waals surface area contributed by atoms with Crippen molar-refractivity contribution in [1.29, 1.82) is 0 Å². The largest absolute Gasteiger partial charge is 0.352 e. The average Bonchev–Trinajstić information content (AvgIpc) is 2.69. The smallest absolute Gasteiger partial charge is 0.262 e. The van der Waals surface area contributed by atoms with Gasteiger partial charge in [-0.2, -0.15) is 0 Å². The standard InChI is InChI=1S/C16H20N2O3/c1-4-11(5-2)17-14(19)9-18-15(20)12-7-6-10(3)8-13(12)16(18)21/h6-8,11H,4-5,9H2,1-3H3,(H,17,19). The van der Waals surface area contributed by atoms with E-state index in [1.54, 1.807) is 18.2 Å². The van der Waals surface area contributed by atoms with Crippen LogP contribution < -0.4 is 5.32 Å². The summed E-state index contributed by atoms with van der Waals surface area (Å²) in [6.45, 7) is 5.61. The van der Waals surface area contributed by atoms with Crippen molar-refractivity contribution < 1.29 is 14.4 Å². The second kappa shape index (κ2) is 6.08. The molecule has 2 rings (SSSR count). The molecule has 0 aromatic heterocycles. The minimum atomic E-state index is -0.394. The Morgan fingerprint density at radius 3 is 2.38 bits per heavy atom. The monoisotopic (exact) mass is 288 g/mol. The van der Waals surface area contributed by atoms with Crippen molar-refractivity contribution in [2.45, 2.75) is 39.7 Å². The highest BCUT2D eigenvalue weighted by Gasteiger charge is 2.36. The molecule has 0 atom stereocenters. The van der Waals surface area contributed by atoms with Gasteiger partial charge in [-0.3, -0.25) is 19.3 Å². The van der Waals surface area contributed by atoms with E-state index in [9.17, 15) is 14.4 Å². The molecule has 0 radical (unpaired) electrons. The van der Waals surface area contributed by atoms with Gasteiger partial charge < -0.3 is 5.32 Å². The van der Waals surface area contributed by atoms with Gasteiger partial charge in [-0.15, -0.1) is 0 Å². The quantitative estimate of drug-likeness (QED) is 0.841. The molecule has 1 aromatic rings. The van der Waals surface area contributed by atoms with Crippen LogP contribution in [-0.4, -0.2) is 35.2 Å².